The summed E-state index contributed by atoms with van der Waals surface area (Å²) in [6.07, 6.45) is 3.03. The molecule has 2 aliphatic rings. The molecule has 0 amide bonds. The Labute approximate surface area is 145 Å². The van der Waals surface area contributed by atoms with E-state index in [2.05, 4.69) is 42.4 Å². The molecule has 0 aromatic heterocycles. The molecule has 23 heavy (non-hydrogen) atoms. The van der Waals surface area contributed by atoms with Crippen molar-refractivity contribution in [2.24, 2.45) is 0 Å². The van der Waals surface area contributed by atoms with Gasteiger partial charge in [0.1, 0.15) is 0 Å². The quantitative estimate of drug-likeness (QED) is 0.746. The van der Waals surface area contributed by atoms with Crippen LogP contribution in [0, 0.1) is 0 Å². The molecule has 2 rings (SSSR count). The maximum absolute atomic E-state index is 5.66. The van der Waals surface area contributed by atoms with Gasteiger partial charge in [-0.3, -0.25) is 9.80 Å². The van der Waals surface area contributed by atoms with E-state index in [0.717, 1.165) is 19.2 Å². The van der Waals surface area contributed by atoms with Crippen LogP contribution in [0.4, 0.5) is 0 Å². The highest BCUT2D eigenvalue weighted by atomic mass is 16.5. The van der Waals surface area contributed by atoms with Crippen molar-refractivity contribution in [2.75, 3.05) is 52.4 Å². The van der Waals surface area contributed by atoms with Gasteiger partial charge in [-0.2, -0.15) is 0 Å². The summed E-state index contributed by atoms with van der Waals surface area (Å²) in [7, 11) is 0. The smallest absolute Gasteiger partial charge is 0.0596 e. The molecule has 2 aliphatic heterocycles. The first kappa shape index (κ1) is 20.9. The van der Waals surface area contributed by atoms with Gasteiger partial charge >= 0.3 is 0 Å². The fourth-order valence-corrected chi connectivity index (χ4v) is 3.54. The predicted molar refractivity (Wildman–Crippen MR) is 100 cm³/mol. The molecule has 0 aromatic carbocycles. The fourth-order valence-electron chi connectivity index (χ4n) is 3.54. The molecular formula is C19H41N3O. The van der Waals surface area contributed by atoms with Crippen LogP contribution in [-0.4, -0.2) is 85.3 Å². The van der Waals surface area contributed by atoms with Crippen LogP contribution >= 0.6 is 0 Å². The lowest BCUT2D eigenvalue weighted by Gasteiger charge is -2.43. The van der Waals surface area contributed by atoms with Gasteiger partial charge in [0, 0.05) is 44.8 Å². The zero-order valence-electron chi connectivity index (χ0n) is 16.6. The number of piperidine rings is 1. The molecule has 2 heterocycles. The summed E-state index contributed by atoms with van der Waals surface area (Å²) >= 11 is 0. The third kappa shape index (κ3) is 7.51. The van der Waals surface area contributed by atoms with Gasteiger partial charge in [0.2, 0.25) is 0 Å². The number of rotatable bonds is 6. The Morgan fingerprint density at radius 2 is 1.43 bits per heavy atom. The van der Waals surface area contributed by atoms with E-state index in [4.69, 9.17) is 4.74 Å². The normalized spacial score (nSPS) is 22.4. The van der Waals surface area contributed by atoms with E-state index in [1.54, 1.807) is 0 Å². The lowest BCUT2D eigenvalue weighted by Crippen LogP contribution is -2.54. The second-order valence-electron chi connectivity index (χ2n) is 7.16. The highest BCUT2D eigenvalue weighted by Crippen LogP contribution is 2.18. The Kier molecular flexibility index (Phi) is 10.4. The summed E-state index contributed by atoms with van der Waals surface area (Å²) in [5.74, 6) is 0. The Bertz CT molecular complexity index is 280. The summed E-state index contributed by atoms with van der Waals surface area (Å²) in [6, 6.07) is 1.52. The Hall–Kier alpha value is -0.160. The van der Waals surface area contributed by atoms with Crippen molar-refractivity contribution >= 4 is 0 Å². The van der Waals surface area contributed by atoms with Crippen LogP contribution in [-0.2, 0) is 4.74 Å². The van der Waals surface area contributed by atoms with Crippen LogP contribution in [0.25, 0.3) is 0 Å². The third-order valence-corrected chi connectivity index (χ3v) is 5.01. The molecule has 0 radical (unpaired) electrons. The van der Waals surface area contributed by atoms with Gasteiger partial charge in [0.15, 0.2) is 0 Å². The first-order valence-electron chi connectivity index (χ1n) is 9.88. The van der Waals surface area contributed by atoms with Crippen LogP contribution < -0.4 is 0 Å². The standard InChI is InChI=1S/C17H35N3O.C2H6/c1-15(2)19-9-11-20(12-10-19)17-5-7-18(8-6-17)13-14-21-16(3)4;1-2/h15-17H,5-14H2,1-4H3;1-2H3. The molecule has 4 nitrogen and oxygen atoms in total. The van der Waals surface area contributed by atoms with E-state index in [-0.39, 0.29) is 0 Å². The van der Waals surface area contributed by atoms with Crippen molar-refractivity contribution in [2.45, 2.75) is 72.6 Å². The second-order valence-corrected chi connectivity index (χ2v) is 7.16. The van der Waals surface area contributed by atoms with Crippen molar-refractivity contribution in [1.29, 1.82) is 0 Å². The van der Waals surface area contributed by atoms with Gasteiger partial charge < -0.3 is 9.64 Å². The summed E-state index contributed by atoms with van der Waals surface area (Å²) < 4.78 is 5.66. The van der Waals surface area contributed by atoms with Gasteiger partial charge in [-0.05, 0) is 53.6 Å². The number of likely N-dealkylation sites (tertiary alicyclic amines) is 1. The number of piperazine rings is 1. The van der Waals surface area contributed by atoms with E-state index < -0.39 is 0 Å². The summed E-state index contributed by atoms with van der Waals surface area (Å²) in [5.41, 5.74) is 0. The van der Waals surface area contributed by atoms with Crippen molar-refractivity contribution in [3.63, 3.8) is 0 Å². The molecule has 0 bridgehead atoms. The minimum Gasteiger partial charge on any atom is -0.377 e. The first-order chi connectivity index (χ1) is 11.1. The highest BCUT2D eigenvalue weighted by Gasteiger charge is 2.27. The highest BCUT2D eigenvalue weighted by molar-refractivity contribution is 4.84. The SMILES string of the molecule is CC.CC(C)OCCN1CCC(N2CCN(C(C)C)CC2)CC1. The van der Waals surface area contributed by atoms with E-state index in [0.29, 0.717) is 12.1 Å². The molecule has 2 saturated heterocycles. The molecule has 4 heteroatoms. The third-order valence-electron chi connectivity index (χ3n) is 5.01. The topological polar surface area (TPSA) is 19.0 Å². The summed E-state index contributed by atoms with van der Waals surface area (Å²) in [4.78, 5) is 7.92. The Morgan fingerprint density at radius 1 is 0.870 bits per heavy atom. The molecule has 0 saturated carbocycles. The van der Waals surface area contributed by atoms with Crippen molar-refractivity contribution in [1.82, 2.24) is 14.7 Å². The zero-order chi connectivity index (χ0) is 17.2. The number of ether oxygens (including phenoxy) is 1. The van der Waals surface area contributed by atoms with Crippen LogP contribution in [0.3, 0.4) is 0 Å². The average Bonchev–Trinajstić information content (AvgIpc) is 2.57. The average molecular weight is 328 g/mol. The van der Waals surface area contributed by atoms with Crippen molar-refractivity contribution < 1.29 is 4.74 Å². The maximum atomic E-state index is 5.66. The van der Waals surface area contributed by atoms with Gasteiger partial charge in [-0.15, -0.1) is 0 Å². The predicted octanol–water partition coefficient (Wildman–Crippen LogP) is 2.93. The van der Waals surface area contributed by atoms with Crippen LogP contribution in [0.1, 0.15) is 54.4 Å². The molecule has 0 aliphatic carbocycles. The molecule has 138 valence electrons. The maximum Gasteiger partial charge on any atom is 0.0596 e. The van der Waals surface area contributed by atoms with Crippen molar-refractivity contribution in [3.8, 4) is 0 Å². The second kappa shape index (κ2) is 11.4. The van der Waals surface area contributed by atoms with Gasteiger partial charge in [-0.25, -0.2) is 0 Å². The van der Waals surface area contributed by atoms with Gasteiger partial charge in [-0.1, -0.05) is 13.8 Å². The lowest BCUT2D eigenvalue weighted by molar-refractivity contribution is 0.0286. The number of nitrogens with zero attached hydrogens (tertiary/aromatic N) is 3. The Balaban J connectivity index is 0.00000127. The van der Waals surface area contributed by atoms with Gasteiger partial charge in [0.05, 0.1) is 12.7 Å². The summed E-state index contributed by atoms with van der Waals surface area (Å²) in [5, 5.41) is 0. The molecular weight excluding hydrogens is 286 g/mol. The van der Waals surface area contributed by atoms with E-state index in [1.807, 2.05) is 13.8 Å². The zero-order valence-corrected chi connectivity index (χ0v) is 16.6. The minimum absolute atomic E-state index is 0.361. The van der Waals surface area contributed by atoms with E-state index >= 15 is 0 Å². The Morgan fingerprint density at radius 3 is 1.91 bits per heavy atom. The van der Waals surface area contributed by atoms with E-state index in [1.165, 1.54) is 52.1 Å². The largest absolute Gasteiger partial charge is 0.377 e. The lowest BCUT2D eigenvalue weighted by atomic mass is 10.0. The molecule has 0 atom stereocenters. The molecule has 0 aromatic rings. The summed E-state index contributed by atoms with van der Waals surface area (Å²) in [6.45, 7) is 22.4. The van der Waals surface area contributed by atoms with Crippen molar-refractivity contribution in [3.05, 3.63) is 0 Å². The molecule has 0 N–H and O–H groups in total. The number of hydrogen-bond acceptors (Lipinski definition) is 4. The minimum atomic E-state index is 0.361. The van der Waals surface area contributed by atoms with Crippen LogP contribution in [0.2, 0.25) is 0 Å². The molecule has 2 fully saturated rings. The first-order valence-corrected chi connectivity index (χ1v) is 9.88. The molecule has 0 unspecified atom stereocenters. The van der Waals surface area contributed by atoms with E-state index in [9.17, 15) is 0 Å². The fraction of sp³-hybridized carbons (Fsp3) is 1.00. The monoisotopic (exact) mass is 327 g/mol. The van der Waals surface area contributed by atoms with Crippen LogP contribution in [0.15, 0.2) is 0 Å². The number of hydrogen-bond donors (Lipinski definition) is 0. The van der Waals surface area contributed by atoms with Crippen LogP contribution in [0.5, 0.6) is 0 Å². The van der Waals surface area contributed by atoms with Gasteiger partial charge in [0.25, 0.3) is 0 Å². The molecule has 0 spiro atoms.